The molecule has 4 rings (SSSR count). The number of rotatable bonds is 3. The second-order valence-electron chi connectivity index (χ2n) is 5.23. The third kappa shape index (κ3) is 2.45. The summed E-state index contributed by atoms with van der Waals surface area (Å²) in [7, 11) is 0. The van der Waals surface area contributed by atoms with E-state index < -0.39 is 6.61 Å². The zero-order valence-electron chi connectivity index (χ0n) is 11.8. The third-order valence-corrected chi connectivity index (χ3v) is 4.74. The highest BCUT2D eigenvalue weighted by Gasteiger charge is 2.29. The Morgan fingerprint density at radius 1 is 1.13 bits per heavy atom. The molecule has 0 bridgehead atoms. The Balaban J connectivity index is 1.68. The Morgan fingerprint density at radius 3 is 2.83 bits per heavy atom. The predicted molar refractivity (Wildman–Crippen MR) is 85.4 cm³/mol. The van der Waals surface area contributed by atoms with Crippen LogP contribution in [0.25, 0.3) is 10.1 Å². The minimum absolute atomic E-state index is 0.00246. The number of hydrogen-bond acceptors (Lipinski definition) is 3. The number of ether oxygens (including phenoxy) is 1. The highest BCUT2D eigenvalue weighted by molar-refractivity contribution is 7.17. The third-order valence-electron chi connectivity index (χ3n) is 3.86. The monoisotopic (exact) mass is 331 g/mol. The summed E-state index contributed by atoms with van der Waals surface area (Å²) < 4.78 is 30.1. The summed E-state index contributed by atoms with van der Waals surface area (Å²) in [5.74, 6) is -0.196. The van der Waals surface area contributed by atoms with Crippen molar-refractivity contribution >= 4 is 33.0 Å². The molecule has 3 nitrogen and oxygen atoms in total. The Hall–Kier alpha value is -2.47. The number of anilines is 1. The van der Waals surface area contributed by atoms with Gasteiger partial charge in [0.05, 0.1) is 6.54 Å². The van der Waals surface area contributed by atoms with Crippen LogP contribution in [0.5, 0.6) is 5.75 Å². The lowest BCUT2D eigenvalue weighted by Crippen LogP contribution is -2.22. The van der Waals surface area contributed by atoms with Gasteiger partial charge in [-0.2, -0.15) is 8.78 Å². The van der Waals surface area contributed by atoms with Gasteiger partial charge in [0.15, 0.2) is 0 Å². The van der Waals surface area contributed by atoms with Crippen molar-refractivity contribution in [3.05, 3.63) is 59.0 Å². The molecule has 2 aromatic carbocycles. The lowest BCUT2D eigenvalue weighted by atomic mass is 10.1. The molecule has 0 atom stereocenters. The summed E-state index contributed by atoms with van der Waals surface area (Å²) in [6, 6.07) is 12.4. The fourth-order valence-corrected chi connectivity index (χ4v) is 3.60. The minimum atomic E-state index is -2.90. The molecular formula is C17H11F2NO2S. The molecule has 6 heteroatoms. The van der Waals surface area contributed by atoms with E-state index in [4.69, 9.17) is 0 Å². The van der Waals surface area contributed by atoms with Crippen molar-refractivity contribution in [1.82, 2.24) is 0 Å². The lowest BCUT2D eigenvalue weighted by molar-refractivity contribution is -0.0498. The molecule has 0 radical (unpaired) electrons. The zero-order valence-corrected chi connectivity index (χ0v) is 12.6. The average molecular weight is 331 g/mol. The number of halogens is 2. The van der Waals surface area contributed by atoms with Crippen LogP contribution in [0.3, 0.4) is 0 Å². The van der Waals surface area contributed by atoms with E-state index in [9.17, 15) is 13.6 Å². The smallest absolute Gasteiger partial charge is 0.387 e. The van der Waals surface area contributed by atoms with E-state index in [1.165, 1.54) is 12.1 Å². The second-order valence-corrected chi connectivity index (χ2v) is 6.18. The van der Waals surface area contributed by atoms with Crippen molar-refractivity contribution < 1.29 is 18.3 Å². The van der Waals surface area contributed by atoms with Gasteiger partial charge in [-0.3, -0.25) is 4.79 Å². The van der Waals surface area contributed by atoms with Gasteiger partial charge in [-0.15, -0.1) is 11.3 Å². The molecule has 0 unspecified atom stereocenters. The van der Waals surface area contributed by atoms with E-state index in [2.05, 4.69) is 4.74 Å². The normalized spacial score (nSPS) is 13.9. The average Bonchev–Trinajstić information content (AvgIpc) is 3.11. The van der Waals surface area contributed by atoms with Crippen LogP contribution in [0.4, 0.5) is 14.5 Å². The number of thiophene rings is 1. The van der Waals surface area contributed by atoms with Gasteiger partial charge in [-0.1, -0.05) is 12.1 Å². The van der Waals surface area contributed by atoms with E-state index in [0.29, 0.717) is 12.1 Å². The number of hydrogen-bond donors (Lipinski definition) is 0. The van der Waals surface area contributed by atoms with Crippen molar-refractivity contribution in [2.75, 3.05) is 4.90 Å². The summed E-state index contributed by atoms with van der Waals surface area (Å²) in [6.07, 6.45) is 0. The number of fused-ring (bicyclic) bond motifs is 2. The maximum Gasteiger partial charge on any atom is 0.387 e. The van der Waals surface area contributed by atoms with Crippen LogP contribution in [0.2, 0.25) is 0 Å². The summed E-state index contributed by atoms with van der Waals surface area (Å²) >= 11 is 1.61. The maximum absolute atomic E-state index is 12.6. The first-order valence-electron chi connectivity index (χ1n) is 6.99. The van der Waals surface area contributed by atoms with E-state index in [0.717, 1.165) is 21.3 Å². The molecule has 0 saturated heterocycles. The molecule has 1 aliphatic rings. The standard InChI is InChI=1S/C17H11F2NO2S/c18-17(19)22-13-4-2-11-9-20(16(21)14(11)8-13)12-3-1-10-5-6-23-15(10)7-12/h1-8,17H,9H2. The number of amides is 1. The first-order chi connectivity index (χ1) is 11.1. The van der Waals surface area contributed by atoms with Crippen LogP contribution < -0.4 is 9.64 Å². The van der Waals surface area contributed by atoms with Crippen molar-refractivity contribution in [3.8, 4) is 5.75 Å². The SMILES string of the molecule is O=C1c2cc(OC(F)F)ccc2CN1c1ccc2ccsc2c1. The number of nitrogens with zero attached hydrogens (tertiary/aromatic N) is 1. The molecule has 116 valence electrons. The van der Waals surface area contributed by atoms with Gasteiger partial charge >= 0.3 is 6.61 Å². The maximum atomic E-state index is 12.6. The topological polar surface area (TPSA) is 29.5 Å². The van der Waals surface area contributed by atoms with Crippen LogP contribution in [0.1, 0.15) is 15.9 Å². The van der Waals surface area contributed by atoms with Crippen LogP contribution in [0, 0.1) is 0 Å². The van der Waals surface area contributed by atoms with E-state index in [-0.39, 0.29) is 11.7 Å². The number of alkyl halides is 2. The van der Waals surface area contributed by atoms with Gasteiger partial charge in [0.2, 0.25) is 0 Å². The molecule has 0 saturated carbocycles. The fraction of sp³-hybridized carbons (Fsp3) is 0.118. The van der Waals surface area contributed by atoms with E-state index in [1.54, 1.807) is 22.3 Å². The summed E-state index contributed by atoms with van der Waals surface area (Å²) in [5.41, 5.74) is 2.02. The number of carbonyl (C=O) groups excluding carboxylic acids is 1. The highest BCUT2D eigenvalue weighted by atomic mass is 32.1. The molecule has 0 N–H and O–H groups in total. The first kappa shape index (κ1) is 14.1. The van der Waals surface area contributed by atoms with Crippen molar-refractivity contribution in [1.29, 1.82) is 0 Å². The molecule has 1 aromatic heterocycles. The van der Waals surface area contributed by atoms with E-state index >= 15 is 0 Å². The highest BCUT2D eigenvalue weighted by Crippen LogP contribution is 2.33. The molecular weight excluding hydrogens is 320 g/mol. The predicted octanol–water partition coefficient (Wildman–Crippen LogP) is 4.66. The largest absolute Gasteiger partial charge is 0.435 e. The zero-order chi connectivity index (χ0) is 16.0. The van der Waals surface area contributed by atoms with Crippen LogP contribution in [0.15, 0.2) is 47.8 Å². The molecule has 0 fully saturated rings. The van der Waals surface area contributed by atoms with Crippen LogP contribution in [-0.4, -0.2) is 12.5 Å². The molecule has 1 aliphatic heterocycles. The quantitative estimate of drug-likeness (QED) is 0.698. The molecule has 2 heterocycles. The van der Waals surface area contributed by atoms with E-state index in [1.807, 2.05) is 29.6 Å². The van der Waals surface area contributed by atoms with Crippen molar-refractivity contribution in [2.45, 2.75) is 13.2 Å². The van der Waals surface area contributed by atoms with Gasteiger partial charge in [0.25, 0.3) is 5.91 Å². The Kier molecular flexibility index (Phi) is 3.27. The van der Waals surface area contributed by atoms with Gasteiger partial charge in [0.1, 0.15) is 5.75 Å². The Labute approximate surface area is 134 Å². The molecule has 23 heavy (non-hydrogen) atoms. The molecule has 0 aliphatic carbocycles. The second kappa shape index (κ2) is 5.31. The van der Waals surface area contributed by atoms with Gasteiger partial charge in [-0.05, 0) is 46.7 Å². The Bertz CT molecular complexity index is 906. The first-order valence-corrected chi connectivity index (χ1v) is 7.86. The van der Waals surface area contributed by atoms with Crippen molar-refractivity contribution in [2.24, 2.45) is 0 Å². The lowest BCUT2D eigenvalue weighted by Gasteiger charge is -2.15. The summed E-state index contributed by atoms with van der Waals surface area (Å²) in [5, 5.41) is 3.14. The number of carbonyl (C=O) groups is 1. The van der Waals surface area contributed by atoms with Gasteiger partial charge in [-0.25, -0.2) is 0 Å². The van der Waals surface area contributed by atoms with Gasteiger partial charge in [0, 0.05) is 16.0 Å². The fourth-order valence-electron chi connectivity index (χ4n) is 2.78. The van der Waals surface area contributed by atoms with Crippen LogP contribution in [-0.2, 0) is 6.54 Å². The Morgan fingerprint density at radius 2 is 2.00 bits per heavy atom. The summed E-state index contributed by atoms with van der Waals surface area (Å²) in [6.45, 7) is -2.47. The summed E-state index contributed by atoms with van der Waals surface area (Å²) in [4.78, 5) is 14.2. The van der Waals surface area contributed by atoms with Crippen molar-refractivity contribution in [3.63, 3.8) is 0 Å². The minimum Gasteiger partial charge on any atom is -0.435 e. The van der Waals surface area contributed by atoms with Crippen LogP contribution >= 0.6 is 11.3 Å². The molecule has 1 amide bonds. The number of benzene rings is 2. The van der Waals surface area contributed by atoms with Gasteiger partial charge < -0.3 is 9.64 Å². The molecule has 0 spiro atoms. The molecule has 3 aromatic rings.